The van der Waals surface area contributed by atoms with E-state index in [1.807, 2.05) is 6.92 Å². The lowest BCUT2D eigenvalue weighted by atomic mass is 10.2. The van der Waals surface area contributed by atoms with Crippen molar-refractivity contribution in [3.63, 3.8) is 0 Å². The molecule has 1 aromatic heterocycles. The number of aliphatic hydroxyl groups is 1. The Kier molecular flexibility index (Phi) is 5.02. The number of carbonyl (C=O) groups excluding carboxylic acids is 1. The number of sulfonamides is 1. The molecule has 3 N–H and O–H groups in total. The summed E-state index contributed by atoms with van der Waals surface area (Å²) in [4.78, 5) is 14.8. The van der Waals surface area contributed by atoms with Gasteiger partial charge in [-0.05, 0) is 25.3 Å². The van der Waals surface area contributed by atoms with Crippen molar-refractivity contribution in [1.82, 2.24) is 14.6 Å². The number of nitrogens with one attached hydrogen (secondary N) is 2. The van der Waals surface area contributed by atoms with Gasteiger partial charge in [0.25, 0.3) is 5.91 Å². The number of aliphatic hydroxyl groups excluding tert-OH is 1. The fourth-order valence-electron chi connectivity index (χ4n) is 2.27. The highest BCUT2D eigenvalue weighted by Gasteiger charge is 2.28. The van der Waals surface area contributed by atoms with Gasteiger partial charge in [0, 0.05) is 19.3 Å². The Bertz CT molecular complexity index is 586. The van der Waals surface area contributed by atoms with Crippen LogP contribution in [0.1, 0.15) is 36.7 Å². The highest BCUT2D eigenvalue weighted by molar-refractivity contribution is 7.89. The van der Waals surface area contributed by atoms with E-state index in [9.17, 15) is 13.2 Å². The molecular weight excluding hydrogens is 294 g/mol. The molecule has 1 amide bonds. The van der Waals surface area contributed by atoms with Gasteiger partial charge in [-0.25, -0.2) is 8.42 Å². The zero-order chi connectivity index (χ0) is 15.5. The average molecular weight is 315 g/mol. The Labute approximate surface area is 124 Å². The van der Waals surface area contributed by atoms with Crippen molar-refractivity contribution in [2.75, 3.05) is 19.7 Å². The number of amides is 1. The van der Waals surface area contributed by atoms with Gasteiger partial charge in [-0.1, -0.05) is 6.92 Å². The van der Waals surface area contributed by atoms with Gasteiger partial charge in [-0.15, -0.1) is 0 Å². The summed E-state index contributed by atoms with van der Waals surface area (Å²) in [6.07, 6.45) is 3.67. The first-order valence-corrected chi connectivity index (χ1v) is 8.53. The van der Waals surface area contributed by atoms with Crippen molar-refractivity contribution in [3.05, 3.63) is 18.0 Å². The minimum absolute atomic E-state index is 0.103. The van der Waals surface area contributed by atoms with Crippen molar-refractivity contribution in [2.45, 2.75) is 37.1 Å². The van der Waals surface area contributed by atoms with E-state index in [1.165, 1.54) is 16.6 Å². The first kappa shape index (κ1) is 16.0. The second-order valence-corrected chi connectivity index (χ2v) is 7.06. The van der Waals surface area contributed by atoms with Crippen LogP contribution in [0.25, 0.3) is 0 Å². The van der Waals surface area contributed by atoms with Crippen LogP contribution in [0, 0.1) is 0 Å². The van der Waals surface area contributed by atoms with Crippen LogP contribution >= 0.6 is 0 Å². The molecule has 1 aromatic rings. The second kappa shape index (κ2) is 6.59. The van der Waals surface area contributed by atoms with Crippen LogP contribution in [-0.4, -0.2) is 54.5 Å². The highest BCUT2D eigenvalue weighted by atomic mass is 32.2. The fraction of sp³-hybridized carbons (Fsp3) is 0.615. The molecule has 8 heteroatoms. The van der Waals surface area contributed by atoms with E-state index in [2.05, 4.69) is 10.3 Å². The van der Waals surface area contributed by atoms with Crippen LogP contribution in [-0.2, 0) is 10.0 Å². The van der Waals surface area contributed by atoms with Gasteiger partial charge in [-0.3, -0.25) is 4.79 Å². The van der Waals surface area contributed by atoms with E-state index in [0.29, 0.717) is 19.5 Å². The number of hydrogen-bond acceptors (Lipinski definition) is 4. The molecule has 1 fully saturated rings. The molecule has 7 nitrogen and oxygen atoms in total. The maximum Gasteiger partial charge on any atom is 0.268 e. The van der Waals surface area contributed by atoms with Gasteiger partial charge in [0.15, 0.2) is 0 Å². The SMILES string of the molecule is CC[C@H](CO)NC(=O)c1cc(S(=O)(=O)N2CCCC2)c[nH]1. The molecule has 0 unspecified atom stereocenters. The van der Waals surface area contributed by atoms with E-state index in [-0.39, 0.29) is 23.2 Å². The van der Waals surface area contributed by atoms with E-state index in [4.69, 9.17) is 5.11 Å². The summed E-state index contributed by atoms with van der Waals surface area (Å²) in [6, 6.07) is 1.01. The van der Waals surface area contributed by atoms with Gasteiger partial charge in [-0.2, -0.15) is 4.31 Å². The molecule has 0 bridgehead atoms. The van der Waals surface area contributed by atoms with E-state index >= 15 is 0 Å². The lowest BCUT2D eigenvalue weighted by Gasteiger charge is -2.14. The van der Waals surface area contributed by atoms with Gasteiger partial charge in [0.05, 0.1) is 12.6 Å². The molecule has 0 aliphatic carbocycles. The normalized spacial score (nSPS) is 17.8. The molecule has 0 spiro atoms. The lowest BCUT2D eigenvalue weighted by Crippen LogP contribution is -2.37. The molecule has 1 aliphatic rings. The number of carbonyl (C=O) groups is 1. The number of hydrogen-bond donors (Lipinski definition) is 3. The van der Waals surface area contributed by atoms with Crippen LogP contribution in [0.3, 0.4) is 0 Å². The van der Waals surface area contributed by atoms with Crippen molar-refractivity contribution in [2.24, 2.45) is 0 Å². The third-order valence-corrected chi connectivity index (χ3v) is 5.53. The predicted octanol–water partition coefficient (Wildman–Crippen LogP) is 0.300. The molecule has 0 radical (unpaired) electrons. The summed E-state index contributed by atoms with van der Waals surface area (Å²) in [5, 5.41) is 11.7. The van der Waals surface area contributed by atoms with Gasteiger partial charge < -0.3 is 15.4 Å². The third-order valence-electron chi connectivity index (χ3n) is 3.65. The minimum atomic E-state index is -3.52. The molecule has 21 heavy (non-hydrogen) atoms. The Balaban J connectivity index is 2.12. The quantitative estimate of drug-likeness (QED) is 0.702. The average Bonchev–Trinajstić information content (AvgIpc) is 3.14. The van der Waals surface area contributed by atoms with Crippen LogP contribution in [0.15, 0.2) is 17.2 Å². The van der Waals surface area contributed by atoms with Crippen molar-refractivity contribution < 1.29 is 18.3 Å². The predicted molar refractivity (Wildman–Crippen MR) is 77.4 cm³/mol. The third kappa shape index (κ3) is 3.45. The Morgan fingerprint density at radius 1 is 1.48 bits per heavy atom. The van der Waals surface area contributed by atoms with Crippen LogP contribution in [0.4, 0.5) is 0 Å². The molecule has 1 atom stereocenters. The Morgan fingerprint density at radius 3 is 2.71 bits per heavy atom. The molecule has 2 rings (SSSR count). The number of aromatic nitrogens is 1. The maximum atomic E-state index is 12.3. The van der Waals surface area contributed by atoms with E-state index < -0.39 is 15.9 Å². The minimum Gasteiger partial charge on any atom is -0.394 e. The summed E-state index contributed by atoms with van der Waals surface area (Å²) in [6.45, 7) is 2.75. The summed E-state index contributed by atoms with van der Waals surface area (Å²) in [5.41, 5.74) is 0.180. The largest absolute Gasteiger partial charge is 0.394 e. The van der Waals surface area contributed by atoms with Gasteiger partial charge in [0.1, 0.15) is 10.6 Å². The van der Waals surface area contributed by atoms with Crippen molar-refractivity contribution in [3.8, 4) is 0 Å². The topological polar surface area (TPSA) is 102 Å². The first-order chi connectivity index (χ1) is 9.98. The summed E-state index contributed by atoms with van der Waals surface area (Å²) in [5.74, 6) is -0.418. The zero-order valence-electron chi connectivity index (χ0n) is 12.0. The van der Waals surface area contributed by atoms with Crippen molar-refractivity contribution in [1.29, 1.82) is 0 Å². The smallest absolute Gasteiger partial charge is 0.268 e. The summed E-state index contributed by atoms with van der Waals surface area (Å²) in [7, 11) is -3.52. The number of aromatic amines is 1. The molecule has 0 saturated carbocycles. The zero-order valence-corrected chi connectivity index (χ0v) is 12.8. The van der Waals surface area contributed by atoms with E-state index in [1.54, 1.807) is 0 Å². The number of nitrogens with zero attached hydrogens (tertiary/aromatic N) is 1. The monoisotopic (exact) mass is 315 g/mol. The van der Waals surface area contributed by atoms with Crippen LogP contribution in [0.2, 0.25) is 0 Å². The molecule has 0 aromatic carbocycles. The number of H-pyrrole nitrogens is 1. The van der Waals surface area contributed by atoms with Crippen LogP contribution < -0.4 is 5.32 Å². The highest BCUT2D eigenvalue weighted by Crippen LogP contribution is 2.21. The first-order valence-electron chi connectivity index (χ1n) is 7.09. The Morgan fingerprint density at radius 2 is 2.14 bits per heavy atom. The molecular formula is C13H21N3O4S. The maximum absolute atomic E-state index is 12.3. The van der Waals surface area contributed by atoms with E-state index in [0.717, 1.165) is 12.8 Å². The van der Waals surface area contributed by atoms with Gasteiger partial charge in [0.2, 0.25) is 10.0 Å². The van der Waals surface area contributed by atoms with Gasteiger partial charge >= 0.3 is 0 Å². The molecule has 1 saturated heterocycles. The number of rotatable bonds is 6. The lowest BCUT2D eigenvalue weighted by molar-refractivity contribution is 0.0910. The summed E-state index contributed by atoms with van der Waals surface area (Å²) >= 11 is 0. The molecule has 118 valence electrons. The molecule has 2 heterocycles. The Hall–Kier alpha value is -1.38. The van der Waals surface area contributed by atoms with Crippen molar-refractivity contribution >= 4 is 15.9 Å². The summed E-state index contributed by atoms with van der Waals surface area (Å²) < 4.78 is 26.1. The fourth-order valence-corrected chi connectivity index (χ4v) is 3.78. The standard InChI is InChI=1S/C13H21N3O4S/c1-2-10(9-17)15-13(18)12-7-11(8-14-12)21(19,20)16-5-3-4-6-16/h7-8,10,14,17H,2-6,9H2,1H3,(H,15,18)/t10-/m1/s1. The van der Waals surface area contributed by atoms with Crippen LogP contribution in [0.5, 0.6) is 0 Å². The second-order valence-electron chi connectivity index (χ2n) is 5.12. The molecule has 1 aliphatic heterocycles.